The second-order valence-corrected chi connectivity index (χ2v) is 8.09. The summed E-state index contributed by atoms with van der Waals surface area (Å²) >= 11 is 0. The Hall–Kier alpha value is -2.99. The maximum atomic E-state index is 13.0. The number of sulfonamides is 1. The van der Waals surface area contributed by atoms with Crippen LogP contribution in [0.3, 0.4) is 0 Å². The molecule has 0 aliphatic carbocycles. The molecule has 0 aliphatic heterocycles. The Morgan fingerprint density at radius 1 is 1.14 bits per heavy atom. The van der Waals surface area contributed by atoms with Crippen molar-refractivity contribution in [2.24, 2.45) is 0 Å². The van der Waals surface area contributed by atoms with E-state index in [1.165, 1.54) is 12.1 Å². The second kappa shape index (κ2) is 7.44. The van der Waals surface area contributed by atoms with E-state index in [1.807, 2.05) is 9.71 Å². The van der Waals surface area contributed by atoms with E-state index >= 15 is 0 Å². The molecule has 154 valence electrons. The van der Waals surface area contributed by atoms with Crippen molar-refractivity contribution in [3.05, 3.63) is 68.5 Å². The van der Waals surface area contributed by atoms with Crippen molar-refractivity contribution in [1.82, 2.24) is 19.7 Å². The lowest BCUT2D eigenvalue weighted by Gasteiger charge is -2.21. The predicted molar refractivity (Wildman–Crippen MR) is 97.9 cm³/mol. The highest BCUT2D eigenvalue weighted by Gasteiger charge is 2.35. The van der Waals surface area contributed by atoms with Crippen LogP contribution in [0.1, 0.15) is 23.6 Å². The summed E-state index contributed by atoms with van der Waals surface area (Å²) < 4.78 is 66.5. The van der Waals surface area contributed by atoms with Crippen molar-refractivity contribution in [1.29, 1.82) is 0 Å². The van der Waals surface area contributed by atoms with Crippen molar-refractivity contribution in [3.8, 4) is 0 Å². The van der Waals surface area contributed by atoms with Gasteiger partial charge in [0.1, 0.15) is 10.5 Å². The monoisotopic (exact) mass is 428 g/mol. The van der Waals surface area contributed by atoms with Crippen LogP contribution in [0.15, 0.2) is 51.0 Å². The second-order valence-electron chi connectivity index (χ2n) is 6.38. The number of aromatic nitrogens is 3. The number of nitrogens with one attached hydrogen (secondary N) is 3. The van der Waals surface area contributed by atoms with E-state index in [0.29, 0.717) is 0 Å². The van der Waals surface area contributed by atoms with E-state index < -0.39 is 44.8 Å². The van der Waals surface area contributed by atoms with Gasteiger partial charge in [-0.2, -0.15) is 13.2 Å². The van der Waals surface area contributed by atoms with E-state index in [4.69, 9.17) is 0 Å². The van der Waals surface area contributed by atoms with Crippen LogP contribution in [-0.4, -0.2) is 29.5 Å². The SMILES string of the molecule is Cc1ccc(C(CC(F)(F)F)NS(=O)(=O)c2cnc3[nH]c(=O)[nH]c(=O)c3c2)cc1. The fraction of sp³-hybridized carbons (Fsp3) is 0.235. The molecule has 0 fully saturated rings. The normalized spacial score (nSPS) is 13.5. The molecule has 29 heavy (non-hydrogen) atoms. The van der Waals surface area contributed by atoms with Gasteiger partial charge >= 0.3 is 11.9 Å². The van der Waals surface area contributed by atoms with Gasteiger partial charge in [0.15, 0.2) is 0 Å². The van der Waals surface area contributed by atoms with E-state index in [1.54, 1.807) is 19.1 Å². The van der Waals surface area contributed by atoms with E-state index in [-0.39, 0.29) is 16.6 Å². The molecule has 1 atom stereocenters. The first kappa shape index (κ1) is 20.7. The van der Waals surface area contributed by atoms with Crippen molar-refractivity contribution < 1.29 is 21.6 Å². The van der Waals surface area contributed by atoms with Gasteiger partial charge in [-0.25, -0.2) is 22.9 Å². The Labute approximate surface area is 161 Å². The summed E-state index contributed by atoms with van der Waals surface area (Å²) in [5, 5.41) is -0.227. The summed E-state index contributed by atoms with van der Waals surface area (Å²) in [6.07, 6.45) is -5.21. The minimum absolute atomic E-state index is 0.132. The lowest BCUT2D eigenvalue weighted by atomic mass is 10.0. The minimum atomic E-state index is -4.63. The average Bonchev–Trinajstić information content (AvgIpc) is 2.60. The quantitative estimate of drug-likeness (QED) is 0.572. The average molecular weight is 428 g/mol. The highest BCUT2D eigenvalue weighted by Crippen LogP contribution is 2.31. The number of benzene rings is 1. The summed E-state index contributed by atoms with van der Waals surface area (Å²) in [6.45, 7) is 1.75. The summed E-state index contributed by atoms with van der Waals surface area (Å²) in [5.74, 6) is 0. The van der Waals surface area contributed by atoms with Crippen LogP contribution in [0, 0.1) is 6.92 Å². The van der Waals surface area contributed by atoms with Gasteiger partial charge in [0.05, 0.1) is 17.8 Å². The predicted octanol–water partition coefficient (Wildman–Crippen LogP) is 1.89. The summed E-state index contributed by atoms with van der Waals surface area (Å²) in [7, 11) is -4.47. The molecule has 0 aliphatic rings. The van der Waals surface area contributed by atoms with E-state index in [0.717, 1.165) is 17.8 Å². The minimum Gasteiger partial charge on any atom is -0.291 e. The molecule has 3 aromatic rings. The molecule has 0 amide bonds. The summed E-state index contributed by atoms with van der Waals surface area (Å²) in [4.78, 5) is 30.5. The van der Waals surface area contributed by atoms with Gasteiger partial charge in [-0.1, -0.05) is 29.8 Å². The highest BCUT2D eigenvalue weighted by atomic mass is 32.2. The lowest BCUT2D eigenvalue weighted by molar-refractivity contribution is -0.139. The third kappa shape index (κ3) is 4.90. The molecule has 2 aromatic heterocycles. The van der Waals surface area contributed by atoms with Gasteiger partial charge in [-0.05, 0) is 18.6 Å². The molecule has 0 bridgehead atoms. The maximum absolute atomic E-state index is 13.0. The first-order chi connectivity index (χ1) is 13.4. The van der Waals surface area contributed by atoms with Crippen LogP contribution < -0.4 is 16.0 Å². The topological polar surface area (TPSA) is 125 Å². The smallest absolute Gasteiger partial charge is 0.291 e. The molecular formula is C17H15F3N4O4S. The standard InChI is InChI=1S/C17H15F3N4O4S/c1-9-2-4-10(5-3-9)13(7-17(18,19)20)24-29(27,28)11-6-12-14(21-8-11)22-16(26)23-15(12)25/h2-6,8,13,24H,7H2,1H3,(H2,21,22,23,25,26). The molecule has 0 spiro atoms. The van der Waals surface area contributed by atoms with Crippen molar-refractivity contribution in [3.63, 3.8) is 0 Å². The van der Waals surface area contributed by atoms with Gasteiger partial charge < -0.3 is 0 Å². The third-order valence-electron chi connectivity index (χ3n) is 4.09. The molecule has 2 heterocycles. The zero-order chi connectivity index (χ0) is 21.4. The number of aromatic amines is 2. The Balaban J connectivity index is 2.02. The van der Waals surface area contributed by atoms with E-state index in [9.17, 15) is 31.2 Å². The van der Waals surface area contributed by atoms with Crippen molar-refractivity contribution >= 4 is 21.1 Å². The van der Waals surface area contributed by atoms with Gasteiger partial charge in [0, 0.05) is 6.20 Å². The Kier molecular flexibility index (Phi) is 5.32. The summed E-state index contributed by atoms with van der Waals surface area (Å²) in [6, 6.07) is 5.30. The van der Waals surface area contributed by atoms with Crippen LogP contribution in [0.2, 0.25) is 0 Å². The Morgan fingerprint density at radius 3 is 2.41 bits per heavy atom. The van der Waals surface area contributed by atoms with Crippen LogP contribution in [0.25, 0.3) is 11.0 Å². The number of halogens is 3. The number of pyridine rings is 1. The van der Waals surface area contributed by atoms with Gasteiger partial charge in [0.25, 0.3) is 5.56 Å². The van der Waals surface area contributed by atoms with Crippen LogP contribution in [-0.2, 0) is 10.0 Å². The Bertz CT molecular complexity index is 1260. The fourth-order valence-electron chi connectivity index (χ4n) is 2.69. The van der Waals surface area contributed by atoms with Gasteiger partial charge in [0.2, 0.25) is 10.0 Å². The first-order valence-corrected chi connectivity index (χ1v) is 9.71. The molecule has 3 rings (SSSR count). The Morgan fingerprint density at radius 2 is 1.79 bits per heavy atom. The number of alkyl halides is 3. The maximum Gasteiger partial charge on any atom is 0.390 e. The molecule has 0 radical (unpaired) electrons. The number of H-pyrrole nitrogens is 2. The highest BCUT2D eigenvalue weighted by molar-refractivity contribution is 7.89. The van der Waals surface area contributed by atoms with Crippen LogP contribution in [0.5, 0.6) is 0 Å². The molecule has 1 unspecified atom stereocenters. The molecule has 0 saturated carbocycles. The number of rotatable bonds is 5. The number of aryl methyl sites for hydroxylation is 1. The van der Waals surface area contributed by atoms with Crippen LogP contribution >= 0.6 is 0 Å². The van der Waals surface area contributed by atoms with Crippen molar-refractivity contribution in [2.75, 3.05) is 0 Å². The van der Waals surface area contributed by atoms with Crippen LogP contribution in [0.4, 0.5) is 13.2 Å². The first-order valence-electron chi connectivity index (χ1n) is 8.23. The van der Waals surface area contributed by atoms with Gasteiger partial charge in [-0.15, -0.1) is 0 Å². The largest absolute Gasteiger partial charge is 0.390 e. The lowest BCUT2D eigenvalue weighted by Crippen LogP contribution is -2.32. The zero-order valence-electron chi connectivity index (χ0n) is 14.9. The fourth-order valence-corrected chi connectivity index (χ4v) is 3.88. The number of fused-ring (bicyclic) bond motifs is 1. The van der Waals surface area contributed by atoms with Gasteiger partial charge in [-0.3, -0.25) is 14.8 Å². The number of hydrogen-bond donors (Lipinski definition) is 3. The van der Waals surface area contributed by atoms with E-state index in [2.05, 4.69) is 9.97 Å². The molecule has 8 nitrogen and oxygen atoms in total. The van der Waals surface area contributed by atoms with Crippen molar-refractivity contribution in [2.45, 2.75) is 30.5 Å². The molecule has 3 N–H and O–H groups in total. The third-order valence-corrected chi connectivity index (χ3v) is 5.53. The zero-order valence-corrected chi connectivity index (χ0v) is 15.7. The molecule has 0 saturated heterocycles. The molecular weight excluding hydrogens is 413 g/mol. The number of hydrogen-bond acceptors (Lipinski definition) is 5. The number of nitrogens with zero attached hydrogens (tertiary/aromatic N) is 1. The molecule has 12 heteroatoms. The molecule has 1 aromatic carbocycles. The summed E-state index contributed by atoms with van der Waals surface area (Å²) in [5.41, 5.74) is -0.920.